The highest BCUT2D eigenvalue weighted by molar-refractivity contribution is 6.36. The van der Waals surface area contributed by atoms with E-state index in [4.69, 9.17) is 14.6 Å². The van der Waals surface area contributed by atoms with E-state index in [2.05, 4.69) is 5.32 Å². The first-order chi connectivity index (χ1) is 16.9. The Hall–Kier alpha value is -4.85. The molecule has 0 aliphatic carbocycles. The van der Waals surface area contributed by atoms with Crippen LogP contribution in [0.15, 0.2) is 72.8 Å². The number of methoxy groups -OCH3 is 2. The fourth-order valence-electron chi connectivity index (χ4n) is 4.26. The summed E-state index contributed by atoms with van der Waals surface area (Å²) in [5.74, 6) is -0.994. The Kier molecular flexibility index (Phi) is 5.33. The monoisotopic (exact) mass is 468 g/mol. The average molecular weight is 468 g/mol. The predicted molar refractivity (Wildman–Crippen MR) is 131 cm³/mol. The van der Waals surface area contributed by atoms with Crippen LogP contribution < -0.4 is 19.7 Å². The van der Waals surface area contributed by atoms with Crippen LogP contribution in [0.4, 0.5) is 17.1 Å². The van der Waals surface area contributed by atoms with Gasteiger partial charge in [-0.15, -0.1) is 0 Å². The van der Waals surface area contributed by atoms with Crippen LogP contribution in [0.5, 0.6) is 11.5 Å². The van der Waals surface area contributed by atoms with Crippen LogP contribution in [0.3, 0.4) is 0 Å². The second kappa shape index (κ2) is 8.49. The maximum atomic E-state index is 13.5. The third kappa shape index (κ3) is 3.61. The molecule has 0 saturated carbocycles. The van der Waals surface area contributed by atoms with Crippen LogP contribution in [-0.2, 0) is 0 Å². The van der Waals surface area contributed by atoms with Gasteiger partial charge in [-0.3, -0.25) is 9.59 Å². The number of hydrogen-bond acceptors (Lipinski definition) is 6. The van der Waals surface area contributed by atoms with E-state index in [1.54, 1.807) is 54.6 Å². The van der Waals surface area contributed by atoms with Gasteiger partial charge < -0.3 is 19.9 Å². The van der Waals surface area contributed by atoms with E-state index in [-0.39, 0.29) is 5.56 Å². The summed E-state index contributed by atoms with van der Waals surface area (Å²) in [5, 5.41) is 13.6. The van der Waals surface area contributed by atoms with Crippen molar-refractivity contribution < 1.29 is 29.0 Å². The van der Waals surface area contributed by atoms with Crippen molar-refractivity contribution in [3.8, 4) is 11.5 Å². The van der Waals surface area contributed by atoms with E-state index < -0.39 is 17.8 Å². The summed E-state index contributed by atoms with van der Waals surface area (Å²) in [6.07, 6.45) is 0. The van der Waals surface area contributed by atoms with E-state index in [1.165, 1.54) is 26.4 Å². The predicted octanol–water partition coefficient (Wildman–Crippen LogP) is 5.10. The molecule has 1 heterocycles. The number of aromatic carboxylic acids is 1. The smallest absolute Gasteiger partial charge is 0.335 e. The van der Waals surface area contributed by atoms with E-state index in [0.717, 1.165) is 4.90 Å². The molecule has 0 bridgehead atoms. The zero-order chi connectivity index (χ0) is 24.7. The number of hydrogen-bond donors (Lipinski definition) is 2. The number of carbonyl (C=O) groups is 3. The molecule has 4 aromatic carbocycles. The summed E-state index contributed by atoms with van der Waals surface area (Å²) < 4.78 is 10.6. The number of anilines is 3. The Labute approximate surface area is 200 Å². The van der Waals surface area contributed by atoms with Crippen molar-refractivity contribution in [2.45, 2.75) is 0 Å². The summed E-state index contributed by atoms with van der Waals surface area (Å²) in [6.45, 7) is 0. The molecule has 4 aromatic rings. The molecule has 1 aliphatic heterocycles. The van der Waals surface area contributed by atoms with Crippen LogP contribution in [0.1, 0.15) is 31.1 Å². The molecule has 1 aliphatic rings. The minimum Gasteiger partial charge on any atom is -0.493 e. The number of carboxylic acid groups (broad SMARTS) is 1. The molecule has 8 heteroatoms. The normalized spacial score (nSPS) is 12.6. The Morgan fingerprint density at radius 1 is 0.829 bits per heavy atom. The molecule has 0 atom stereocenters. The Bertz CT molecular complexity index is 1490. The number of nitrogens with one attached hydrogen (secondary N) is 1. The number of ether oxygens (including phenoxy) is 2. The first kappa shape index (κ1) is 22.0. The topological polar surface area (TPSA) is 105 Å². The molecule has 5 rings (SSSR count). The summed E-state index contributed by atoms with van der Waals surface area (Å²) in [4.78, 5) is 39.2. The number of carbonyl (C=O) groups excluding carboxylic acids is 2. The quantitative estimate of drug-likeness (QED) is 0.379. The van der Waals surface area contributed by atoms with Gasteiger partial charge in [0.1, 0.15) is 0 Å². The molecule has 0 unspecified atom stereocenters. The molecule has 2 N–H and O–H groups in total. The average Bonchev–Trinajstić information content (AvgIpc) is 2.88. The lowest BCUT2D eigenvalue weighted by molar-refractivity contribution is 0.0696. The summed E-state index contributed by atoms with van der Waals surface area (Å²) in [7, 11) is 3.00. The highest BCUT2D eigenvalue weighted by Gasteiger charge is 2.35. The second-order valence-electron chi connectivity index (χ2n) is 7.88. The summed E-state index contributed by atoms with van der Waals surface area (Å²) in [6, 6.07) is 20.0. The van der Waals surface area contributed by atoms with E-state index in [9.17, 15) is 14.4 Å². The van der Waals surface area contributed by atoms with Crippen LogP contribution >= 0.6 is 0 Å². The van der Waals surface area contributed by atoms with Gasteiger partial charge >= 0.3 is 5.97 Å². The fraction of sp³-hybridized carbons (Fsp3) is 0.0741. The molecule has 8 nitrogen and oxygen atoms in total. The Morgan fingerprint density at radius 2 is 1.51 bits per heavy atom. The summed E-state index contributed by atoms with van der Waals surface area (Å²) >= 11 is 0. The van der Waals surface area contributed by atoms with Crippen LogP contribution in [-0.4, -0.2) is 37.1 Å². The maximum absolute atomic E-state index is 13.5. The number of carboxylic acids is 1. The minimum absolute atomic E-state index is 0.180. The largest absolute Gasteiger partial charge is 0.493 e. The highest BCUT2D eigenvalue weighted by atomic mass is 16.5. The van der Waals surface area contributed by atoms with Gasteiger partial charge in [0.2, 0.25) is 0 Å². The number of imide groups is 1. The first-order valence-electron chi connectivity index (χ1n) is 10.7. The lowest BCUT2D eigenvalue weighted by Crippen LogP contribution is -2.40. The highest BCUT2D eigenvalue weighted by Crippen LogP contribution is 2.39. The Morgan fingerprint density at radius 3 is 2.17 bits per heavy atom. The molecule has 0 spiro atoms. The van der Waals surface area contributed by atoms with Crippen molar-refractivity contribution in [1.29, 1.82) is 0 Å². The van der Waals surface area contributed by atoms with Gasteiger partial charge in [-0.1, -0.05) is 12.1 Å². The van der Waals surface area contributed by atoms with Gasteiger partial charge in [0.25, 0.3) is 11.8 Å². The van der Waals surface area contributed by atoms with Crippen molar-refractivity contribution in [2.24, 2.45) is 0 Å². The van der Waals surface area contributed by atoms with Crippen molar-refractivity contribution in [3.63, 3.8) is 0 Å². The minimum atomic E-state index is -1.01. The number of benzene rings is 4. The van der Waals surface area contributed by atoms with Gasteiger partial charge in [0.05, 0.1) is 25.5 Å². The lowest BCUT2D eigenvalue weighted by atomic mass is 9.92. The molecular formula is C27H20N2O6. The zero-order valence-electron chi connectivity index (χ0n) is 18.9. The van der Waals surface area contributed by atoms with E-state index in [1.807, 2.05) is 6.07 Å². The first-order valence-corrected chi connectivity index (χ1v) is 10.7. The number of amides is 2. The standard InChI is InChI=1S/C27H20N2O6/c1-34-22-13-10-17(14-23(22)35-2)29-25(30)19-5-3-4-18-21(12-11-20(24(18)19)26(29)31)28-16-8-6-15(7-9-16)27(32)33/h3-14,28H,1-2H3,(H,32,33). The number of nitrogens with zero attached hydrogens (tertiary/aromatic N) is 1. The molecule has 2 amide bonds. The number of rotatable bonds is 6. The molecular weight excluding hydrogens is 448 g/mol. The van der Waals surface area contributed by atoms with Crippen LogP contribution in [0, 0.1) is 0 Å². The van der Waals surface area contributed by atoms with Crippen molar-refractivity contribution in [1.82, 2.24) is 0 Å². The SMILES string of the molecule is COc1ccc(N2C(=O)c3cccc4c(Nc5ccc(C(=O)O)cc5)ccc(c34)C2=O)cc1OC. The van der Waals surface area contributed by atoms with Gasteiger partial charge in [0, 0.05) is 39.3 Å². The molecule has 0 saturated heterocycles. The molecule has 0 fully saturated rings. The van der Waals surface area contributed by atoms with Crippen molar-refractivity contribution >= 4 is 45.6 Å². The Balaban J connectivity index is 1.57. The molecule has 35 heavy (non-hydrogen) atoms. The van der Waals surface area contributed by atoms with Gasteiger partial charge in [-0.25, -0.2) is 9.69 Å². The van der Waals surface area contributed by atoms with Crippen LogP contribution in [0.2, 0.25) is 0 Å². The summed E-state index contributed by atoms with van der Waals surface area (Å²) in [5.41, 5.74) is 2.72. The van der Waals surface area contributed by atoms with Crippen molar-refractivity contribution in [2.75, 3.05) is 24.4 Å². The van der Waals surface area contributed by atoms with Gasteiger partial charge in [0.15, 0.2) is 11.5 Å². The lowest BCUT2D eigenvalue weighted by Gasteiger charge is -2.28. The van der Waals surface area contributed by atoms with E-state index in [0.29, 0.717) is 50.5 Å². The zero-order valence-corrected chi connectivity index (χ0v) is 18.9. The third-order valence-electron chi connectivity index (χ3n) is 5.94. The van der Waals surface area contributed by atoms with Gasteiger partial charge in [-0.05, 0) is 54.6 Å². The van der Waals surface area contributed by atoms with Gasteiger partial charge in [-0.2, -0.15) is 0 Å². The maximum Gasteiger partial charge on any atom is 0.335 e. The van der Waals surface area contributed by atoms with Crippen molar-refractivity contribution in [3.05, 3.63) is 89.5 Å². The second-order valence-corrected chi connectivity index (χ2v) is 7.88. The fourth-order valence-corrected chi connectivity index (χ4v) is 4.26. The van der Waals surface area contributed by atoms with Crippen LogP contribution in [0.25, 0.3) is 10.8 Å². The molecule has 0 radical (unpaired) electrons. The molecule has 0 aromatic heterocycles. The molecule has 174 valence electrons. The van der Waals surface area contributed by atoms with E-state index >= 15 is 0 Å². The third-order valence-corrected chi connectivity index (χ3v) is 5.94.